The van der Waals surface area contributed by atoms with Crippen LogP contribution >= 0.6 is 0 Å². The average Bonchev–Trinajstić information content (AvgIpc) is 2.08. The second-order valence-corrected chi connectivity index (χ2v) is 5.28. The Bertz CT molecular complexity index is 195. The molecular weight excluding hydrogens is 176 g/mol. The van der Waals surface area contributed by atoms with Crippen LogP contribution in [0.3, 0.4) is 0 Å². The third-order valence-electron chi connectivity index (χ3n) is 3.44. The van der Waals surface area contributed by atoms with E-state index in [0.717, 1.165) is 25.7 Å². The lowest BCUT2D eigenvalue weighted by atomic mass is 9.68. The van der Waals surface area contributed by atoms with E-state index in [0.29, 0.717) is 0 Å². The van der Waals surface area contributed by atoms with Gasteiger partial charge in [0.25, 0.3) is 0 Å². The first-order chi connectivity index (χ1) is 6.39. The molecule has 0 radical (unpaired) electrons. The highest BCUT2D eigenvalue weighted by molar-refractivity contribution is 4.94. The summed E-state index contributed by atoms with van der Waals surface area (Å²) in [6.07, 6.45) is 5.28. The summed E-state index contributed by atoms with van der Waals surface area (Å²) in [7, 11) is 0. The van der Waals surface area contributed by atoms with E-state index < -0.39 is 5.60 Å². The molecule has 14 heavy (non-hydrogen) atoms. The highest BCUT2D eigenvalue weighted by Crippen LogP contribution is 2.42. The zero-order valence-corrected chi connectivity index (χ0v) is 9.55. The standard InChI is InChI=1S/C12H22O2/c1-5-14-10-6-8-12(13,9-7-10)11(2,3)4/h5,10,13H,1,6-9H2,2-4H3. The van der Waals surface area contributed by atoms with Crippen LogP contribution in [-0.4, -0.2) is 16.8 Å². The van der Waals surface area contributed by atoms with Gasteiger partial charge in [-0.2, -0.15) is 0 Å². The van der Waals surface area contributed by atoms with Crippen molar-refractivity contribution in [2.45, 2.75) is 58.2 Å². The van der Waals surface area contributed by atoms with Crippen molar-refractivity contribution in [2.75, 3.05) is 0 Å². The number of rotatable bonds is 2. The van der Waals surface area contributed by atoms with Gasteiger partial charge in [-0.05, 0) is 31.1 Å². The van der Waals surface area contributed by atoms with Crippen LogP contribution in [0.15, 0.2) is 12.8 Å². The molecule has 1 N–H and O–H groups in total. The average molecular weight is 198 g/mol. The molecule has 1 saturated carbocycles. The van der Waals surface area contributed by atoms with Gasteiger partial charge in [-0.3, -0.25) is 0 Å². The Morgan fingerprint density at radius 3 is 2.21 bits per heavy atom. The van der Waals surface area contributed by atoms with Crippen molar-refractivity contribution in [3.8, 4) is 0 Å². The van der Waals surface area contributed by atoms with Crippen molar-refractivity contribution < 1.29 is 9.84 Å². The first-order valence-electron chi connectivity index (χ1n) is 5.38. The largest absolute Gasteiger partial charge is 0.499 e. The van der Waals surface area contributed by atoms with Crippen LogP contribution in [0.5, 0.6) is 0 Å². The van der Waals surface area contributed by atoms with Crippen LogP contribution in [0.1, 0.15) is 46.5 Å². The fourth-order valence-electron chi connectivity index (χ4n) is 2.09. The molecule has 82 valence electrons. The summed E-state index contributed by atoms with van der Waals surface area (Å²) in [6.45, 7) is 9.85. The lowest BCUT2D eigenvalue weighted by Crippen LogP contribution is -2.46. The normalized spacial score (nSPS) is 33.9. The van der Waals surface area contributed by atoms with Gasteiger partial charge in [0.1, 0.15) is 0 Å². The van der Waals surface area contributed by atoms with E-state index >= 15 is 0 Å². The molecular formula is C12H22O2. The highest BCUT2D eigenvalue weighted by Gasteiger charge is 2.42. The van der Waals surface area contributed by atoms with E-state index in [1.807, 2.05) is 0 Å². The Hall–Kier alpha value is -0.500. The van der Waals surface area contributed by atoms with E-state index in [1.165, 1.54) is 6.26 Å². The van der Waals surface area contributed by atoms with Crippen molar-refractivity contribution in [3.63, 3.8) is 0 Å². The lowest BCUT2D eigenvalue weighted by molar-refractivity contribution is -0.105. The molecule has 0 atom stereocenters. The van der Waals surface area contributed by atoms with Crippen molar-refractivity contribution in [1.82, 2.24) is 0 Å². The monoisotopic (exact) mass is 198 g/mol. The van der Waals surface area contributed by atoms with Gasteiger partial charge in [-0.15, -0.1) is 0 Å². The van der Waals surface area contributed by atoms with Crippen LogP contribution < -0.4 is 0 Å². The molecule has 1 rings (SSSR count). The van der Waals surface area contributed by atoms with Crippen LogP contribution in [0.2, 0.25) is 0 Å². The lowest BCUT2D eigenvalue weighted by Gasteiger charge is -2.44. The highest BCUT2D eigenvalue weighted by atomic mass is 16.5. The van der Waals surface area contributed by atoms with Gasteiger partial charge in [-0.25, -0.2) is 0 Å². The molecule has 0 heterocycles. The Morgan fingerprint density at radius 2 is 1.86 bits per heavy atom. The Morgan fingerprint density at radius 1 is 1.36 bits per heavy atom. The number of hydrogen-bond donors (Lipinski definition) is 1. The van der Waals surface area contributed by atoms with Crippen LogP contribution in [0.4, 0.5) is 0 Å². The van der Waals surface area contributed by atoms with Crippen LogP contribution in [0.25, 0.3) is 0 Å². The van der Waals surface area contributed by atoms with E-state index in [4.69, 9.17) is 4.74 Å². The molecule has 0 aromatic heterocycles. The number of hydrogen-bond acceptors (Lipinski definition) is 2. The molecule has 0 spiro atoms. The van der Waals surface area contributed by atoms with Gasteiger partial charge >= 0.3 is 0 Å². The van der Waals surface area contributed by atoms with E-state index in [-0.39, 0.29) is 11.5 Å². The number of aliphatic hydroxyl groups is 1. The SMILES string of the molecule is C=COC1CCC(O)(C(C)(C)C)CC1. The second-order valence-electron chi connectivity index (χ2n) is 5.28. The molecule has 0 unspecified atom stereocenters. The zero-order valence-electron chi connectivity index (χ0n) is 9.55. The third-order valence-corrected chi connectivity index (χ3v) is 3.44. The predicted octanol–water partition coefficient (Wildman–Crippen LogP) is 2.87. The van der Waals surface area contributed by atoms with E-state index in [9.17, 15) is 5.11 Å². The molecule has 0 saturated heterocycles. The summed E-state index contributed by atoms with van der Waals surface area (Å²) in [6, 6.07) is 0. The second kappa shape index (κ2) is 3.93. The van der Waals surface area contributed by atoms with Crippen molar-refractivity contribution in [3.05, 3.63) is 12.8 Å². The summed E-state index contributed by atoms with van der Waals surface area (Å²) in [5, 5.41) is 10.4. The molecule has 0 aromatic carbocycles. The predicted molar refractivity (Wildman–Crippen MR) is 57.9 cm³/mol. The maximum absolute atomic E-state index is 10.4. The summed E-state index contributed by atoms with van der Waals surface area (Å²) in [5.74, 6) is 0. The minimum atomic E-state index is -0.520. The van der Waals surface area contributed by atoms with Gasteiger partial charge in [0.05, 0.1) is 18.0 Å². The molecule has 0 bridgehead atoms. The van der Waals surface area contributed by atoms with Crippen molar-refractivity contribution >= 4 is 0 Å². The summed E-state index contributed by atoms with van der Waals surface area (Å²) in [4.78, 5) is 0. The Kier molecular flexibility index (Phi) is 3.25. The molecule has 0 amide bonds. The van der Waals surface area contributed by atoms with Gasteiger partial charge in [0, 0.05) is 0 Å². The molecule has 0 aromatic rings. The van der Waals surface area contributed by atoms with E-state index in [1.54, 1.807) is 0 Å². The molecule has 1 aliphatic carbocycles. The Balaban J connectivity index is 2.53. The molecule has 2 heteroatoms. The topological polar surface area (TPSA) is 29.5 Å². The van der Waals surface area contributed by atoms with Gasteiger partial charge in [0.15, 0.2) is 0 Å². The Labute approximate surface area is 87.0 Å². The first kappa shape index (κ1) is 11.6. The van der Waals surface area contributed by atoms with E-state index in [2.05, 4.69) is 27.4 Å². The fraction of sp³-hybridized carbons (Fsp3) is 0.833. The number of ether oxygens (including phenoxy) is 1. The third kappa shape index (κ3) is 2.30. The maximum atomic E-state index is 10.4. The fourth-order valence-corrected chi connectivity index (χ4v) is 2.09. The maximum Gasteiger partial charge on any atom is 0.0980 e. The summed E-state index contributed by atoms with van der Waals surface area (Å²) >= 11 is 0. The van der Waals surface area contributed by atoms with Crippen LogP contribution in [0, 0.1) is 5.41 Å². The van der Waals surface area contributed by atoms with Crippen molar-refractivity contribution in [2.24, 2.45) is 5.41 Å². The molecule has 2 nitrogen and oxygen atoms in total. The van der Waals surface area contributed by atoms with Crippen LogP contribution in [-0.2, 0) is 4.74 Å². The summed E-state index contributed by atoms with van der Waals surface area (Å²) in [5.41, 5.74) is -0.555. The minimum Gasteiger partial charge on any atom is -0.499 e. The van der Waals surface area contributed by atoms with Crippen molar-refractivity contribution in [1.29, 1.82) is 0 Å². The molecule has 0 aliphatic heterocycles. The zero-order chi connectivity index (χ0) is 10.8. The smallest absolute Gasteiger partial charge is 0.0980 e. The molecule has 1 aliphatic rings. The quantitative estimate of drug-likeness (QED) is 0.691. The summed E-state index contributed by atoms with van der Waals surface area (Å²) < 4.78 is 5.34. The first-order valence-corrected chi connectivity index (χ1v) is 5.38. The van der Waals surface area contributed by atoms with Gasteiger partial charge in [0.2, 0.25) is 0 Å². The van der Waals surface area contributed by atoms with Gasteiger partial charge < -0.3 is 9.84 Å². The molecule has 1 fully saturated rings. The van der Waals surface area contributed by atoms with Gasteiger partial charge in [-0.1, -0.05) is 27.4 Å². The minimum absolute atomic E-state index is 0.0356.